The van der Waals surface area contributed by atoms with Gasteiger partial charge in [-0.25, -0.2) is 0 Å². The number of amides is 1. The van der Waals surface area contributed by atoms with Gasteiger partial charge in [0, 0.05) is 11.4 Å². The van der Waals surface area contributed by atoms with Crippen LogP contribution in [0.4, 0.5) is 8.78 Å². The SMILES string of the molecule is CCCN(CC(=O)OC)C(=O)c1ccccc1SC(F)F. The zero-order valence-electron chi connectivity index (χ0n) is 11.8. The van der Waals surface area contributed by atoms with Crippen molar-refractivity contribution in [1.29, 1.82) is 0 Å². The summed E-state index contributed by atoms with van der Waals surface area (Å²) in [6.45, 7) is 2.01. The third-order valence-corrected chi connectivity index (χ3v) is 3.45. The van der Waals surface area contributed by atoms with Crippen molar-refractivity contribution < 1.29 is 23.1 Å². The number of hydrogen-bond donors (Lipinski definition) is 0. The summed E-state index contributed by atoms with van der Waals surface area (Å²) in [5.41, 5.74) is 0.167. The van der Waals surface area contributed by atoms with Crippen molar-refractivity contribution in [2.24, 2.45) is 0 Å². The Morgan fingerprint density at radius 3 is 2.57 bits per heavy atom. The first-order chi connectivity index (χ1) is 9.99. The quantitative estimate of drug-likeness (QED) is 0.573. The van der Waals surface area contributed by atoms with Crippen LogP contribution in [0.1, 0.15) is 23.7 Å². The molecule has 0 unspecified atom stereocenters. The predicted molar refractivity (Wildman–Crippen MR) is 76.5 cm³/mol. The van der Waals surface area contributed by atoms with Crippen LogP contribution in [0.25, 0.3) is 0 Å². The lowest BCUT2D eigenvalue weighted by Crippen LogP contribution is -2.37. The monoisotopic (exact) mass is 317 g/mol. The van der Waals surface area contributed by atoms with E-state index < -0.39 is 17.6 Å². The average Bonchev–Trinajstić information content (AvgIpc) is 2.46. The van der Waals surface area contributed by atoms with Gasteiger partial charge >= 0.3 is 5.97 Å². The molecule has 0 radical (unpaired) electrons. The molecule has 0 saturated heterocycles. The van der Waals surface area contributed by atoms with Crippen LogP contribution in [0.3, 0.4) is 0 Å². The first kappa shape index (κ1) is 17.4. The molecule has 1 amide bonds. The van der Waals surface area contributed by atoms with Crippen LogP contribution in [-0.4, -0.2) is 42.7 Å². The highest BCUT2D eigenvalue weighted by Gasteiger charge is 2.22. The van der Waals surface area contributed by atoms with Crippen LogP contribution >= 0.6 is 11.8 Å². The van der Waals surface area contributed by atoms with E-state index in [4.69, 9.17) is 0 Å². The van der Waals surface area contributed by atoms with Crippen LogP contribution in [0.2, 0.25) is 0 Å². The minimum absolute atomic E-state index is 0.167. The number of alkyl halides is 2. The second-order valence-corrected chi connectivity index (χ2v) is 5.21. The molecule has 0 aliphatic carbocycles. The minimum Gasteiger partial charge on any atom is -0.468 e. The number of benzene rings is 1. The Balaban J connectivity index is 3.00. The number of methoxy groups -OCH3 is 1. The van der Waals surface area contributed by atoms with Crippen molar-refractivity contribution in [3.8, 4) is 0 Å². The van der Waals surface area contributed by atoms with E-state index in [0.29, 0.717) is 24.7 Å². The lowest BCUT2D eigenvalue weighted by Gasteiger charge is -2.22. The second kappa shape index (κ2) is 8.61. The van der Waals surface area contributed by atoms with E-state index in [9.17, 15) is 18.4 Å². The molecule has 0 aliphatic rings. The van der Waals surface area contributed by atoms with Gasteiger partial charge < -0.3 is 9.64 Å². The Kier molecular flexibility index (Phi) is 7.14. The molecule has 4 nitrogen and oxygen atoms in total. The van der Waals surface area contributed by atoms with E-state index in [1.165, 1.54) is 24.1 Å². The van der Waals surface area contributed by atoms with Gasteiger partial charge in [-0.05, 0) is 18.6 Å². The molecule has 7 heteroatoms. The van der Waals surface area contributed by atoms with Gasteiger partial charge in [0.2, 0.25) is 0 Å². The molecular formula is C14H17F2NO3S. The first-order valence-electron chi connectivity index (χ1n) is 6.39. The van der Waals surface area contributed by atoms with Crippen LogP contribution < -0.4 is 0 Å². The smallest absolute Gasteiger partial charge is 0.325 e. The largest absolute Gasteiger partial charge is 0.468 e. The van der Waals surface area contributed by atoms with Gasteiger partial charge in [-0.15, -0.1) is 0 Å². The fourth-order valence-electron chi connectivity index (χ4n) is 1.76. The Bertz CT molecular complexity index is 497. The highest BCUT2D eigenvalue weighted by Crippen LogP contribution is 2.29. The van der Waals surface area contributed by atoms with E-state index in [-0.39, 0.29) is 17.0 Å². The highest BCUT2D eigenvalue weighted by atomic mass is 32.2. The number of carbonyl (C=O) groups excluding carboxylic acids is 2. The summed E-state index contributed by atoms with van der Waals surface area (Å²) in [4.78, 5) is 25.3. The lowest BCUT2D eigenvalue weighted by atomic mass is 10.2. The molecule has 0 heterocycles. The van der Waals surface area contributed by atoms with E-state index in [0.717, 1.165) is 0 Å². The van der Waals surface area contributed by atoms with Gasteiger partial charge in [0.05, 0.1) is 12.7 Å². The summed E-state index contributed by atoms with van der Waals surface area (Å²) in [5.74, 6) is -3.61. The molecule has 0 atom stereocenters. The van der Waals surface area contributed by atoms with Gasteiger partial charge in [0.25, 0.3) is 11.7 Å². The molecule has 0 spiro atoms. The molecular weight excluding hydrogens is 300 g/mol. The van der Waals surface area contributed by atoms with Crippen molar-refractivity contribution in [3.05, 3.63) is 29.8 Å². The molecule has 0 N–H and O–H groups in total. The Labute approximate surface area is 126 Å². The van der Waals surface area contributed by atoms with Gasteiger partial charge in [-0.2, -0.15) is 8.78 Å². The van der Waals surface area contributed by atoms with Crippen LogP contribution in [0.5, 0.6) is 0 Å². The molecule has 116 valence electrons. The molecule has 0 saturated carbocycles. The number of esters is 1. The van der Waals surface area contributed by atoms with Crippen molar-refractivity contribution in [3.63, 3.8) is 0 Å². The maximum absolute atomic E-state index is 12.5. The zero-order valence-corrected chi connectivity index (χ0v) is 12.7. The fraction of sp³-hybridized carbons (Fsp3) is 0.429. The van der Waals surface area contributed by atoms with Crippen LogP contribution in [0, 0.1) is 0 Å². The highest BCUT2D eigenvalue weighted by molar-refractivity contribution is 7.99. The molecule has 0 aromatic heterocycles. The number of ether oxygens (including phenoxy) is 1. The average molecular weight is 317 g/mol. The summed E-state index contributed by atoms with van der Waals surface area (Å²) in [5, 5.41) is 0. The number of nitrogens with zero attached hydrogens (tertiary/aromatic N) is 1. The molecule has 0 aliphatic heterocycles. The first-order valence-corrected chi connectivity index (χ1v) is 7.27. The summed E-state index contributed by atoms with van der Waals surface area (Å²) < 4.78 is 29.6. The minimum atomic E-state index is -2.61. The molecule has 1 aromatic rings. The van der Waals surface area contributed by atoms with Crippen molar-refractivity contribution in [2.45, 2.75) is 24.0 Å². The van der Waals surface area contributed by atoms with Crippen molar-refractivity contribution >= 4 is 23.6 Å². The second-order valence-electron chi connectivity index (χ2n) is 4.18. The van der Waals surface area contributed by atoms with Gasteiger partial charge in [0.15, 0.2) is 0 Å². The Morgan fingerprint density at radius 1 is 1.33 bits per heavy atom. The third-order valence-electron chi connectivity index (χ3n) is 2.66. The Hall–Kier alpha value is -1.63. The van der Waals surface area contributed by atoms with E-state index >= 15 is 0 Å². The maximum atomic E-state index is 12.5. The number of halogens is 2. The third kappa shape index (κ3) is 5.34. The number of rotatable bonds is 7. The van der Waals surface area contributed by atoms with Crippen molar-refractivity contribution in [1.82, 2.24) is 4.90 Å². The van der Waals surface area contributed by atoms with Gasteiger partial charge in [0.1, 0.15) is 6.54 Å². The van der Waals surface area contributed by atoms with Crippen LogP contribution in [-0.2, 0) is 9.53 Å². The normalized spacial score (nSPS) is 10.5. The summed E-state index contributed by atoms with van der Waals surface area (Å²) >= 11 is 0.317. The van der Waals surface area contributed by atoms with Crippen molar-refractivity contribution in [2.75, 3.05) is 20.2 Å². The number of carbonyl (C=O) groups is 2. The van der Waals surface area contributed by atoms with Crippen LogP contribution in [0.15, 0.2) is 29.2 Å². The van der Waals surface area contributed by atoms with Gasteiger partial charge in [-0.1, -0.05) is 30.8 Å². The zero-order chi connectivity index (χ0) is 15.8. The van der Waals surface area contributed by atoms with E-state index in [1.807, 2.05) is 6.92 Å². The number of hydrogen-bond acceptors (Lipinski definition) is 4. The van der Waals surface area contributed by atoms with E-state index in [2.05, 4.69) is 4.74 Å². The molecule has 1 aromatic carbocycles. The maximum Gasteiger partial charge on any atom is 0.325 e. The standard InChI is InChI=1S/C14H17F2NO3S/c1-3-8-17(9-12(18)20-2)13(19)10-6-4-5-7-11(10)21-14(15)16/h4-7,14H,3,8-9H2,1-2H3. The Morgan fingerprint density at radius 2 is 2.00 bits per heavy atom. The lowest BCUT2D eigenvalue weighted by molar-refractivity contribution is -0.141. The fourth-order valence-corrected chi connectivity index (χ4v) is 2.39. The molecule has 0 fully saturated rings. The summed E-state index contributed by atoms with van der Waals surface area (Å²) in [6, 6.07) is 6.14. The molecule has 1 rings (SSSR count). The predicted octanol–water partition coefficient (Wildman–Crippen LogP) is 3.03. The molecule has 21 heavy (non-hydrogen) atoms. The molecule has 0 bridgehead atoms. The van der Waals surface area contributed by atoms with Gasteiger partial charge in [-0.3, -0.25) is 9.59 Å². The topological polar surface area (TPSA) is 46.6 Å². The summed E-state index contributed by atoms with van der Waals surface area (Å²) in [6.07, 6.45) is 0.646. The van der Waals surface area contributed by atoms with E-state index in [1.54, 1.807) is 12.1 Å². The summed E-state index contributed by atoms with van der Waals surface area (Å²) in [7, 11) is 1.23. The number of thioether (sulfide) groups is 1.